The van der Waals surface area contributed by atoms with Crippen molar-refractivity contribution in [3.63, 3.8) is 0 Å². The third-order valence-corrected chi connectivity index (χ3v) is 4.46. The fourth-order valence-electron chi connectivity index (χ4n) is 2.40. The summed E-state index contributed by atoms with van der Waals surface area (Å²) in [5.41, 5.74) is 2.67. The molecule has 4 nitrogen and oxygen atoms in total. The van der Waals surface area contributed by atoms with E-state index in [1.165, 1.54) is 0 Å². The van der Waals surface area contributed by atoms with Crippen molar-refractivity contribution < 1.29 is 9.31 Å². The van der Waals surface area contributed by atoms with Crippen molar-refractivity contribution in [2.45, 2.75) is 38.9 Å². The monoisotopic (exact) mass is 302 g/mol. The molecule has 0 atom stereocenters. The third kappa shape index (κ3) is 3.54. The van der Waals surface area contributed by atoms with Gasteiger partial charge in [-0.2, -0.15) is 0 Å². The van der Waals surface area contributed by atoms with Gasteiger partial charge in [-0.15, -0.1) is 0 Å². The van der Waals surface area contributed by atoms with Crippen molar-refractivity contribution in [3.05, 3.63) is 35.3 Å². The lowest BCUT2D eigenvalue weighted by molar-refractivity contribution is 0.00578. The molecule has 0 spiro atoms. The summed E-state index contributed by atoms with van der Waals surface area (Å²) in [4.78, 5) is 0. The van der Waals surface area contributed by atoms with Crippen LogP contribution in [0.25, 0.3) is 6.08 Å². The number of benzene rings is 1. The van der Waals surface area contributed by atoms with Crippen molar-refractivity contribution >= 4 is 18.9 Å². The predicted molar refractivity (Wildman–Crippen MR) is 94.0 cm³/mol. The minimum Gasteiger partial charge on any atom is -0.400 e. The number of rotatable bonds is 5. The lowest BCUT2D eigenvalue weighted by Gasteiger charge is -2.32. The minimum atomic E-state index is -0.323. The van der Waals surface area contributed by atoms with Crippen molar-refractivity contribution in [3.8, 4) is 0 Å². The number of hydrogen-bond donors (Lipinski definition) is 2. The summed E-state index contributed by atoms with van der Waals surface area (Å²) in [6.45, 7) is 9.02. The SMILES string of the molecule is CNCC(=Cc1cccc(NC)c1)B1OC(C)(C)C(C)(C)O1. The Labute approximate surface area is 134 Å². The Balaban J connectivity index is 2.29. The van der Waals surface area contributed by atoms with Crippen LogP contribution in [0.4, 0.5) is 5.69 Å². The van der Waals surface area contributed by atoms with Gasteiger partial charge in [-0.25, -0.2) is 0 Å². The van der Waals surface area contributed by atoms with E-state index in [2.05, 4.69) is 56.5 Å². The van der Waals surface area contributed by atoms with Crippen LogP contribution in [0.15, 0.2) is 29.7 Å². The maximum absolute atomic E-state index is 6.16. The molecule has 5 heteroatoms. The average molecular weight is 302 g/mol. The van der Waals surface area contributed by atoms with Crippen molar-refractivity contribution in [2.24, 2.45) is 0 Å². The zero-order chi connectivity index (χ0) is 16.4. The molecule has 1 aliphatic rings. The molecular weight excluding hydrogens is 275 g/mol. The second-order valence-corrected chi connectivity index (χ2v) is 6.71. The van der Waals surface area contributed by atoms with Crippen LogP contribution in [-0.2, 0) is 9.31 Å². The quantitative estimate of drug-likeness (QED) is 0.821. The van der Waals surface area contributed by atoms with Gasteiger partial charge in [0, 0.05) is 19.3 Å². The largest absolute Gasteiger partial charge is 0.491 e. The summed E-state index contributed by atoms with van der Waals surface area (Å²) >= 11 is 0. The Bertz CT molecular complexity index is 539. The zero-order valence-corrected chi connectivity index (χ0v) is 14.5. The van der Waals surface area contributed by atoms with Crippen LogP contribution >= 0.6 is 0 Å². The molecule has 1 aliphatic heterocycles. The molecule has 0 aliphatic carbocycles. The highest BCUT2D eigenvalue weighted by Crippen LogP contribution is 2.38. The van der Waals surface area contributed by atoms with Crippen LogP contribution in [0.2, 0.25) is 0 Å². The molecule has 0 radical (unpaired) electrons. The molecule has 1 saturated heterocycles. The van der Waals surface area contributed by atoms with E-state index in [0.717, 1.165) is 23.3 Å². The van der Waals surface area contributed by atoms with Gasteiger partial charge in [0.1, 0.15) is 0 Å². The predicted octanol–water partition coefficient (Wildman–Crippen LogP) is 2.96. The highest BCUT2D eigenvalue weighted by molar-refractivity contribution is 6.55. The highest BCUT2D eigenvalue weighted by atomic mass is 16.7. The molecule has 1 fully saturated rings. The fraction of sp³-hybridized carbons (Fsp3) is 0.529. The lowest BCUT2D eigenvalue weighted by atomic mass is 9.77. The molecule has 0 amide bonds. The lowest BCUT2D eigenvalue weighted by Crippen LogP contribution is -2.41. The summed E-state index contributed by atoms with van der Waals surface area (Å²) in [6.07, 6.45) is 2.14. The number of nitrogens with one attached hydrogen (secondary N) is 2. The smallest absolute Gasteiger partial charge is 0.400 e. The molecule has 0 unspecified atom stereocenters. The Morgan fingerprint density at radius 3 is 2.32 bits per heavy atom. The van der Waals surface area contributed by atoms with Crippen LogP contribution in [-0.4, -0.2) is 39.0 Å². The van der Waals surface area contributed by atoms with Gasteiger partial charge in [0.05, 0.1) is 11.2 Å². The van der Waals surface area contributed by atoms with E-state index in [0.29, 0.717) is 0 Å². The molecule has 0 bridgehead atoms. The number of anilines is 1. The fourth-order valence-corrected chi connectivity index (χ4v) is 2.40. The minimum absolute atomic E-state index is 0.322. The van der Waals surface area contributed by atoms with Gasteiger partial charge in [-0.1, -0.05) is 18.2 Å². The Morgan fingerprint density at radius 1 is 1.14 bits per heavy atom. The van der Waals surface area contributed by atoms with E-state index in [1.807, 2.05) is 26.2 Å². The van der Waals surface area contributed by atoms with E-state index in [-0.39, 0.29) is 18.3 Å². The second kappa shape index (κ2) is 6.45. The Hall–Kier alpha value is -1.30. The normalized spacial score (nSPS) is 20.3. The molecule has 1 aromatic rings. The van der Waals surface area contributed by atoms with Crippen LogP contribution in [0.3, 0.4) is 0 Å². The zero-order valence-electron chi connectivity index (χ0n) is 14.5. The molecule has 0 aromatic heterocycles. The van der Waals surface area contributed by atoms with E-state index < -0.39 is 0 Å². The van der Waals surface area contributed by atoms with Gasteiger partial charge in [0.15, 0.2) is 0 Å². The Kier molecular flexibility index (Phi) is 5.00. The average Bonchev–Trinajstić information content (AvgIpc) is 2.67. The summed E-state index contributed by atoms with van der Waals surface area (Å²) in [5.74, 6) is 0. The van der Waals surface area contributed by atoms with Gasteiger partial charge in [0.25, 0.3) is 0 Å². The van der Waals surface area contributed by atoms with Crippen LogP contribution in [0, 0.1) is 0 Å². The van der Waals surface area contributed by atoms with Gasteiger partial charge >= 0.3 is 7.12 Å². The molecule has 2 N–H and O–H groups in total. The summed E-state index contributed by atoms with van der Waals surface area (Å²) in [5, 5.41) is 6.37. The summed E-state index contributed by atoms with van der Waals surface area (Å²) < 4.78 is 12.3. The molecule has 1 aromatic carbocycles. The number of hydrogen-bond acceptors (Lipinski definition) is 4. The standard InChI is InChI=1S/C17H27BN2O2/c1-16(2)17(3,4)22-18(21-16)14(12-19-5)10-13-8-7-9-15(11-13)20-6/h7-11,19-20H,12H2,1-6H3. The molecule has 22 heavy (non-hydrogen) atoms. The van der Waals surface area contributed by atoms with Crippen LogP contribution in [0.1, 0.15) is 33.3 Å². The summed E-state index contributed by atoms with van der Waals surface area (Å²) in [7, 11) is 3.53. The first-order valence-corrected chi connectivity index (χ1v) is 7.77. The summed E-state index contributed by atoms with van der Waals surface area (Å²) in [6, 6.07) is 8.28. The van der Waals surface area contributed by atoms with Crippen molar-refractivity contribution in [2.75, 3.05) is 26.0 Å². The van der Waals surface area contributed by atoms with Crippen molar-refractivity contribution in [1.29, 1.82) is 0 Å². The number of likely N-dealkylation sites (N-methyl/N-ethyl adjacent to an activating group) is 1. The van der Waals surface area contributed by atoms with Gasteiger partial charge in [-0.05, 0) is 57.9 Å². The topological polar surface area (TPSA) is 42.5 Å². The second-order valence-electron chi connectivity index (χ2n) is 6.71. The first-order valence-electron chi connectivity index (χ1n) is 7.77. The van der Waals surface area contributed by atoms with E-state index >= 15 is 0 Å². The molecular formula is C17H27BN2O2. The molecule has 120 valence electrons. The maximum atomic E-state index is 6.16. The van der Waals surface area contributed by atoms with Crippen LogP contribution in [0.5, 0.6) is 0 Å². The third-order valence-electron chi connectivity index (χ3n) is 4.46. The van der Waals surface area contributed by atoms with Gasteiger partial charge in [0.2, 0.25) is 0 Å². The molecule has 1 heterocycles. The van der Waals surface area contributed by atoms with E-state index in [9.17, 15) is 0 Å². The molecule has 0 saturated carbocycles. The maximum Gasteiger partial charge on any atom is 0.491 e. The van der Waals surface area contributed by atoms with Gasteiger partial charge in [-0.3, -0.25) is 0 Å². The highest BCUT2D eigenvalue weighted by Gasteiger charge is 2.52. The van der Waals surface area contributed by atoms with Crippen molar-refractivity contribution in [1.82, 2.24) is 5.32 Å². The first kappa shape index (κ1) is 17.1. The van der Waals surface area contributed by atoms with E-state index in [4.69, 9.17) is 9.31 Å². The van der Waals surface area contributed by atoms with Crippen LogP contribution < -0.4 is 10.6 Å². The Morgan fingerprint density at radius 2 is 1.77 bits per heavy atom. The first-order chi connectivity index (χ1) is 10.3. The van der Waals surface area contributed by atoms with Gasteiger partial charge < -0.3 is 19.9 Å². The molecule has 2 rings (SSSR count). The van der Waals surface area contributed by atoms with E-state index in [1.54, 1.807) is 0 Å².